The number of nitrogens with one attached hydrogen (secondary N) is 2. The highest BCUT2D eigenvalue weighted by molar-refractivity contribution is 7.91. The topological polar surface area (TPSA) is 134 Å². The second kappa shape index (κ2) is 10.7. The van der Waals surface area contributed by atoms with Gasteiger partial charge in [-0.05, 0) is 73.4 Å². The van der Waals surface area contributed by atoms with Crippen molar-refractivity contribution in [2.75, 3.05) is 13.2 Å². The highest BCUT2D eigenvalue weighted by Gasteiger charge is 2.41. The van der Waals surface area contributed by atoms with E-state index in [1.165, 1.54) is 16.1 Å². The van der Waals surface area contributed by atoms with Gasteiger partial charge in [-0.3, -0.25) is 0 Å². The van der Waals surface area contributed by atoms with Crippen LogP contribution in [0, 0.1) is 0 Å². The van der Waals surface area contributed by atoms with Gasteiger partial charge >= 0.3 is 0 Å². The number of sulfonamides is 1. The number of nitrogens with zero attached hydrogens (tertiary/aromatic N) is 2. The van der Waals surface area contributed by atoms with Crippen LogP contribution in [0.15, 0.2) is 102 Å². The highest BCUT2D eigenvalue weighted by Crippen LogP contribution is 2.39. The molecule has 0 saturated carbocycles. The summed E-state index contributed by atoms with van der Waals surface area (Å²) >= 11 is 0. The summed E-state index contributed by atoms with van der Waals surface area (Å²) in [6, 6.07) is 19.4. The number of allylic oxidation sites excluding steroid dienone is 3. The van der Waals surface area contributed by atoms with Gasteiger partial charge in [0, 0.05) is 47.4 Å². The van der Waals surface area contributed by atoms with Crippen molar-refractivity contribution >= 4 is 47.6 Å². The van der Waals surface area contributed by atoms with Gasteiger partial charge in [-0.15, -0.1) is 0 Å². The Morgan fingerprint density at radius 1 is 1.05 bits per heavy atom. The van der Waals surface area contributed by atoms with Crippen LogP contribution in [0.25, 0.3) is 38.8 Å². The fourth-order valence-electron chi connectivity index (χ4n) is 5.30. The Hall–Kier alpha value is -4.03. The first-order chi connectivity index (χ1) is 20.1. The van der Waals surface area contributed by atoms with Gasteiger partial charge in [-0.25, -0.2) is 30.5 Å². The van der Waals surface area contributed by atoms with E-state index >= 15 is 0 Å². The summed E-state index contributed by atoms with van der Waals surface area (Å²) in [4.78, 5) is 7.63. The Kier molecular flexibility index (Phi) is 7.14. The number of benzene rings is 2. The molecule has 0 fully saturated rings. The molecule has 11 heteroatoms. The summed E-state index contributed by atoms with van der Waals surface area (Å²) in [5.74, 6) is 0. The van der Waals surface area contributed by atoms with E-state index in [2.05, 4.69) is 14.7 Å². The lowest BCUT2D eigenvalue weighted by atomic mass is 9.92. The van der Waals surface area contributed by atoms with Crippen molar-refractivity contribution in [3.05, 3.63) is 103 Å². The maximum absolute atomic E-state index is 14.5. The van der Waals surface area contributed by atoms with E-state index < -0.39 is 24.8 Å². The molecule has 3 aromatic heterocycles. The van der Waals surface area contributed by atoms with Crippen LogP contribution in [0.1, 0.15) is 25.3 Å². The lowest BCUT2D eigenvalue weighted by Crippen LogP contribution is -2.38. The minimum absolute atomic E-state index is 0.00427. The summed E-state index contributed by atoms with van der Waals surface area (Å²) in [6.07, 6.45) is 9.46. The smallest absolute Gasteiger partial charge is 0.250 e. The van der Waals surface area contributed by atoms with Gasteiger partial charge in [0.15, 0.2) is 5.65 Å². The first-order valence-corrected chi connectivity index (χ1v) is 16.5. The van der Waals surface area contributed by atoms with Crippen LogP contribution >= 0.6 is 0 Å². The molecule has 0 spiro atoms. The third-order valence-corrected chi connectivity index (χ3v) is 11.5. The fraction of sp³-hybridized carbons (Fsp3) is 0.194. The number of aromatic amines is 1. The number of fused-ring (bicyclic) bond motifs is 2. The number of hydrogen-bond acceptors (Lipinski definition) is 6. The Labute approximate surface area is 244 Å². The minimum atomic E-state index is -4.10. The molecule has 0 saturated heterocycles. The SMILES string of the molecule is CC1(S(=O)(=O)n2c(-c3cccc(S(=O)(=O)NCCCO)c3)cc3cccnc32)C=CC(c2cccc3[nH]ccc23)=CC1. The van der Waals surface area contributed by atoms with Gasteiger partial charge in [0.2, 0.25) is 20.0 Å². The Morgan fingerprint density at radius 2 is 1.88 bits per heavy atom. The van der Waals surface area contributed by atoms with E-state index in [0.717, 1.165) is 22.0 Å². The average molecular weight is 603 g/mol. The van der Waals surface area contributed by atoms with Crippen LogP contribution in [0.2, 0.25) is 0 Å². The van der Waals surface area contributed by atoms with Crippen molar-refractivity contribution in [3.8, 4) is 11.3 Å². The van der Waals surface area contributed by atoms with E-state index in [1.54, 1.807) is 49.5 Å². The summed E-state index contributed by atoms with van der Waals surface area (Å²) < 4.78 is 57.3. The van der Waals surface area contributed by atoms with Gasteiger partial charge in [0.05, 0.1) is 10.6 Å². The van der Waals surface area contributed by atoms with E-state index in [4.69, 9.17) is 5.11 Å². The number of aliphatic hydroxyl groups is 1. The van der Waals surface area contributed by atoms with E-state index in [-0.39, 0.29) is 36.5 Å². The Bertz CT molecular complexity index is 2090. The first kappa shape index (κ1) is 28.1. The number of aromatic nitrogens is 3. The minimum Gasteiger partial charge on any atom is -0.396 e. The highest BCUT2D eigenvalue weighted by atomic mass is 32.2. The predicted molar refractivity (Wildman–Crippen MR) is 165 cm³/mol. The zero-order valence-corrected chi connectivity index (χ0v) is 24.5. The molecule has 5 aromatic rings. The normalized spacial score (nSPS) is 17.6. The maximum Gasteiger partial charge on any atom is 0.250 e. The third-order valence-electron chi connectivity index (χ3n) is 7.67. The molecule has 6 rings (SSSR count). The van der Waals surface area contributed by atoms with Crippen molar-refractivity contribution in [1.29, 1.82) is 0 Å². The van der Waals surface area contributed by atoms with Crippen molar-refractivity contribution in [2.45, 2.75) is 29.4 Å². The molecule has 1 aliphatic rings. The predicted octanol–water partition coefficient (Wildman–Crippen LogP) is 4.83. The first-order valence-electron chi connectivity index (χ1n) is 13.5. The Balaban J connectivity index is 1.42. The molecule has 9 nitrogen and oxygen atoms in total. The van der Waals surface area contributed by atoms with Gasteiger partial charge in [0.1, 0.15) is 4.75 Å². The average Bonchev–Trinajstić information content (AvgIpc) is 3.63. The van der Waals surface area contributed by atoms with Gasteiger partial charge < -0.3 is 10.1 Å². The van der Waals surface area contributed by atoms with E-state index in [9.17, 15) is 16.8 Å². The van der Waals surface area contributed by atoms with Crippen LogP contribution in [0.4, 0.5) is 0 Å². The molecule has 0 radical (unpaired) electrons. The molecule has 42 heavy (non-hydrogen) atoms. The van der Waals surface area contributed by atoms with Gasteiger partial charge in [-0.1, -0.05) is 42.5 Å². The van der Waals surface area contributed by atoms with Gasteiger partial charge in [0.25, 0.3) is 0 Å². The van der Waals surface area contributed by atoms with Crippen LogP contribution in [-0.4, -0.2) is 53.8 Å². The molecule has 3 N–H and O–H groups in total. The van der Waals surface area contributed by atoms with Crippen LogP contribution in [0.5, 0.6) is 0 Å². The largest absolute Gasteiger partial charge is 0.396 e. The molecule has 0 bridgehead atoms. The van der Waals surface area contributed by atoms with Crippen LogP contribution < -0.4 is 4.72 Å². The Morgan fingerprint density at radius 3 is 2.67 bits per heavy atom. The monoisotopic (exact) mass is 602 g/mol. The number of H-pyrrole nitrogens is 1. The molecule has 0 aliphatic heterocycles. The second-order valence-corrected chi connectivity index (χ2v) is 14.5. The third kappa shape index (κ3) is 4.78. The van der Waals surface area contributed by atoms with Crippen molar-refractivity contribution in [3.63, 3.8) is 0 Å². The van der Waals surface area contributed by atoms with Crippen molar-refractivity contribution in [2.24, 2.45) is 0 Å². The molecule has 3 heterocycles. The summed E-state index contributed by atoms with van der Waals surface area (Å²) in [6.45, 7) is 1.63. The summed E-state index contributed by atoms with van der Waals surface area (Å²) in [7, 11) is -7.98. The number of hydrogen-bond donors (Lipinski definition) is 3. The van der Waals surface area contributed by atoms with Crippen LogP contribution in [-0.2, 0) is 20.0 Å². The standard InChI is InChI=1S/C31H30N4O5S2/c1-31(14-11-22(12-15-31)26-9-3-10-28-27(26)13-18-32-28)42(39,40)35-29(21-24-7-4-16-33-30(24)35)23-6-2-8-25(20-23)41(37,38)34-17-5-19-36/h2-4,6-14,16,18,20-21,32,34,36H,5,15,17,19H2,1H3. The molecular weight excluding hydrogens is 572 g/mol. The lowest BCUT2D eigenvalue weighted by molar-refractivity contribution is 0.289. The van der Waals surface area contributed by atoms with Crippen molar-refractivity contribution < 1.29 is 21.9 Å². The quantitative estimate of drug-likeness (QED) is 0.207. The van der Waals surface area contributed by atoms with Crippen molar-refractivity contribution in [1.82, 2.24) is 18.7 Å². The van der Waals surface area contributed by atoms with E-state index in [0.29, 0.717) is 16.6 Å². The molecule has 1 unspecified atom stereocenters. The number of pyridine rings is 1. The zero-order valence-electron chi connectivity index (χ0n) is 22.9. The summed E-state index contributed by atoms with van der Waals surface area (Å²) in [5.41, 5.74) is 3.96. The fourth-order valence-corrected chi connectivity index (χ4v) is 8.17. The molecule has 2 aromatic carbocycles. The molecule has 0 amide bonds. The van der Waals surface area contributed by atoms with Crippen LogP contribution in [0.3, 0.4) is 0 Å². The zero-order chi connectivity index (χ0) is 29.5. The number of aliphatic hydroxyl groups excluding tert-OH is 1. The van der Waals surface area contributed by atoms with E-state index in [1.807, 2.05) is 42.6 Å². The maximum atomic E-state index is 14.5. The molecule has 1 aliphatic carbocycles. The van der Waals surface area contributed by atoms with Gasteiger partial charge in [-0.2, -0.15) is 0 Å². The molecular formula is C31H30N4O5S2. The second-order valence-electron chi connectivity index (χ2n) is 10.5. The molecule has 216 valence electrons. The lowest BCUT2D eigenvalue weighted by Gasteiger charge is -2.29. The molecule has 1 atom stereocenters. The number of rotatable bonds is 9. The summed E-state index contributed by atoms with van der Waals surface area (Å²) in [5, 5.41) is 10.7.